The van der Waals surface area contributed by atoms with Crippen molar-refractivity contribution >= 4 is 40.2 Å². The van der Waals surface area contributed by atoms with E-state index in [1.54, 1.807) is 12.3 Å². The van der Waals surface area contributed by atoms with Crippen LogP contribution in [0.1, 0.15) is 10.5 Å². The number of hydrogen-bond acceptors (Lipinski definition) is 4. The molecule has 0 spiro atoms. The van der Waals surface area contributed by atoms with Gasteiger partial charge in [0.2, 0.25) is 0 Å². The summed E-state index contributed by atoms with van der Waals surface area (Å²) in [5.41, 5.74) is 4.96. The zero-order valence-corrected chi connectivity index (χ0v) is 10.3. The molecular weight excluding hydrogens is 265 g/mol. The lowest BCUT2D eigenvalue weighted by Crippen LogP contribution is -2.15. The van der Waals surface area contributed by atoms with E-state index in [-0.39, 0.29) is 16.2 Å². The van der Waals surface area contributed by atoms with Crippen LogP contribution in [0, 0.1) is 5.82 Å². The predicted octanol–water partition coefficient (Wildman–Crippen LogP) is 2.24. The summed E-state index contributed by atoms with van der Waals surface area (Å²) in [6.45, 7) is 0. The van der Waals surface area contributed by atoms with E-state index >= 15 is 0 Å². The van der Waals surface area contributed by atoms with Gasteiger partial charge in [-0.1, -0.05) is 11.6 Å². The zero-order valence-electron chi connectivity index (χ0n) is 8.70. The van der Waals surface area contributed by atoms with Gasteiger partial charge in [0.15, 0.2) is 11.5 Å². The number of thioether (sulfide) groups is 1. The summed E-state index contributed by atoms with van der Waals surface area (Å²) in [6.07, 6.45) is 1.80. The van der Waals surface area contributed by atoms with Gasteiger partial charge in [-0.3, -0.25) is 4.79 Å². The van der Waals surface area contributed by atoms with Gasteiger partial charge in [-0.05, 0) is 18.4 Å². The summed E-state index contributed by atoms with van der Waals surface area (Å²) in [7, 11) is 0. The summed E-state index contributed by atoms with van der Waals surface area (Å²) in [6, 6.07) is 2.98. The number of halogens is 2. The Balaban J connectivity index is 2.83. The number of amides is 1. The van der Waals surface area contributed by atoms with Crippen molar-refractivity contribution in [2.24, 2.45) is 5.73 Å². The highest BCUT2D eigenvalue weighted by molar-refractivity contribution is 7.98. The van der Waals surface area contributed by atoms with Gasteiger partial charge in [-0.25, -0.2) is 4.39 Å². The summed E-state index contributed by atoms with van der Waals surface area (Å²) in [4.78, 5) is 11.7. The fourth-order valence-corrected chi connectivity index (χ4v) is 2.12. The number of aromatic nitrogens is 2. The number of nitrogens with two attached hydrogens (primary N) is 1. The quantitative estimate of drug-likeness (QED) is 0.851. The van der Waals surface area contributed by atoms with Gasteiger partial charge in [0, 0.05) is 10.3 Å². The minimum atomic E-state index is -0.792. The van der Waals surface area contributed by atoms with E-state index < -0.39 is 11.7 Å². The van der Waals surface area contributed by atoms with E-state index in [4.69, 9.17) is 17.3 Å². The molecule has 0 saturated carbocycles. The average Bonchev–Trinajstić information content (AvgIpc) is 2.29. The average molecular weight is 272 g/mol. The smallest absolute Gasteiger partial charge is 0.270 e. The Morgan fingerprint density at radius 1 is 1.47 bits per heavy atom. The maximum atomic E-state index is 13.7. The van der Waals surface area contributed by atoms with Crippen LogP contribution in [-0.4, -0.2) is 22.4 Å². The van der Waals surface area contributed by atoms with Crippen molar-refractivity contribution in [3.8, 4) is 0 Å². The molecule has 1 aromatic heterocycles. The first-order chi connectivity index (χ1) is 8.04. The van der Waals surface area contributed by atoms with Crippen LogP contribution in [0.15, 0.2) is 17.0 Å². The van der Waals surface area contributed by atoms with Crippen LogP contribution >= 0.6 is 23.4 Å². The summed E-state index contributed by atoms with van der Waals surface area (Å²) in [5, 5.41) is 7.50. The Labute approximate surface area is 105 Å². The largest absolute Gasteiger partial charge is 0.364 e. The molecule has 0 atom stereocenters. The topological polar surface area (TPSA) is 68.9 Å². The lowest BCUT2D eigenvalue weighted by Gasteiger charge is -2.05. The van der Waals surface area contributed by atoms with Gasteiger partial charge in [0.05, 0.1) is 5.02 Å². The number of carbonyl (C=O) groups is 1. The first-order valence-corrected chi connectivity index (χ1v) is 6.14. The Bertz CT molecular complexity index is 620. The molecule has 0 aliphatic carbocycles. The monoisotopic (exact) mass is 271 g/mol. The summed E-state index contributed by atoms with van der Waals surface area (Å²) in [5.74, 6) is -1.32. The van der Waals surface area contributed by atoms with Gasteiger partial charge >= 0.3 is 0 Å². The van der Waals surface area contributed by atoms with Crippen molar-refractivity contribution in [3.63, 3.8) is 0 Å². The molecule has 7 heteroatoms. The van der Waals surface area contributed by atoms with Gasteiger partial charge in [-0.2, -0.15) is 0 Å². The van der Waals surface area contributed by atoms with E-state index in [9.17, 15) is 9.18 Å². The van der Waals surface area contributed by atoms with Crippen LogP contribution in [0.4, 0.5) is 4.39 Å². The minimum absolute atomic E-state index is 0.0253. The summed E-state index contributed by atoms with van der Waals surface area (Å²) >= 11 is 7.32. The van der Waals surface area contributed by atoms with Crippen molar-refractivity contribution in [2.75, 3.05) is 6.26 Å². The molecule has 0 aliphatic heterocycles. The molecule has 2 rings (SSSR count). The number of rotatable bonds is 2. The van der Waals surface area contributed by atoms with Crippen LogP contribution in [0.2, 0.25) is 5.02 Å². The minimum Gasteiger partial charge on any atom is -0.364 e. The van der Waals surface area contributed by atoms with E-state index in [1.165, 1.54) is 17.8 Å². The zero-order chi connectivity index (χ0) is 12.6. The Kier molecular flexibility index (Phi) is 3.17. The highest BCUT2D eigenvalue weighted by atomic mass is 35.5. The van der Waals surface area contributed by atoms with Crippen LogP contribution in [0.25, 0.3) is 10.9 Å². The van der Waals surface area contributed by atoms with Crippen molar-refractivity contribution in [1.82, 2.24) is 10.2 Å². The van der Waals surface area contributed by atoms with E-state index in [2.05, 4.69) is 10.2 Å². The first kappa shape index (κ1) is 12.1. The van der Waals surface area contributed by atoms with Crippen LogP contribution in [0.5, 0.6) is 0 Å². The first-order valence-electron chi connectivity index (χ1n) is 4.54. The molecule has 0 unspecified atom stereocenters. The number of carbonyl (C=O) groups excluding carboxylic acids is 1. The van der Waals surface area contributed by atoms with E-state index in [1.807, 2.05) is 0 Å². The van der Waals surface area contributed by atoms with E-state index in [0.717, 1.165) is 0 Å². The van der Waals surface area contributed by atoms with Gasteiger partial charge < -0.3 is 5.73 Å². The number of fused-ring (bicyclic) bond motifs is 1. The lowest BCUT2D eigenvalue weighted by molar-refractivity contribution is 0.0995. The molecule has 0 radical (unpaired) electrons. The Morgan fingerprint density at radius 3 is 2.76 bits per heavy atom. The van der Waals surface area contributed by atoms with Gasteiger partial charge in [0.25, 0.3) is 5.91 Å². The molecule has 1 heterocycles. The van der Waals surface area contributed by atoms with Crippen molar-refractivity contribution in [2.45, 2.75) is 4.90 Å². The van der Waals surface area contributed by atoms with Crippen molar-refractivity contribution in [1.29, 1.82) is 0 Å². The molecule has 2 N–H and O–H groups in total. The maximum Gasteiger partial charge on any atom is 0.270 e. The third-order valence-corrected chi connectivity index (χ3v) is 3.29. The van der Waals surface area contributed by atoms with Crippen molar-refractivity contribution < 1.29 is 9.18 Å². The second kappa shape index (κ2) is 4.46. The Hall–Kier alpha value is -1.40. The Morgan fingerprint density at radius 2 is 2.18 bits per heavy atom. The van der Waals surface area contributed by atoms with E-state index in [0.29, 0.717) is 10.3 Å². The molecular formula is C10H7ClFN3OS. The van der Waals surface area contributed by atoms with Crippen LogP contribution in [0.3, 0.4) is 0 Å². The molecule has 4 nitrogen and oxygen atoms in total. The third kappa shape index (κ3) is 2.05. The van der Waals surface area contributed by atoms with Crippen LogP contribution < -0.4 is 5.73 Å². The second-order valence-electron chi connectivity index (χ2n) is 3.23. The fourth-order valence-electron chi connectivity index (χ4n) is 1.39. The molecule has 0 bridgehead atoms. The van der Waals surface area contributed by atoms with Gasteiger partial charge in [-0.15, -0.1) is 22.0 Å². The maximum absolute atomic E-state index is 13.7. The SMILES string of the molecule is CSc1cc(F)c2nnc(C(N)=O)c(Cl)c2c1. The molecule has 88 valence electrons. The number of hydrogen-bond donors (Lipinski definition) is 1. The third-order valence-electron chi connectivity index (χ3n) is 2.20. The molecule has 17 heavy (non-hydrogen) atoms. The standard InChI is InChI=1S/C10H7ClFN3OS/c1-17-4-2-5-7(11)9(10(13)16)15-14-8(5)6(12)3-4/h2-3H,1H3,(H2,13,16). The summed E-state index contributed by atoms with van der Waals surface area (Å²) < 4.78 is 13.7. The van der Waals surface area contributed by atoms with Gasteiger partial charge in [0.1, 0.15) is 5.52 Å². The molecule has 1 amide bonds. The molecule has 0 aliphatic rings. The highest BCUT2D eigenvalue weighted by Crippen LogP contribution is 2.29. The number of primary amides is 1. The normalized spacial score (nSPS) is 10.8. The number of benzene rings is 1. The fraction of sp³-hybridized carbons (Fsp3) is 0.100. The number of nitrogens with zero attached hydrogens (tertiary/aromatic N) is 2. The molecule has 1 aromatic carbocycles. The molecule has 0 saturated heterocycles. The predicted molar refractivity (Wildman–Crippen MR) is 64.8 cm³/mol. The molecule has 0 fully saturated rings. The lowest BCUT2D eigenvalue weighted by atomic mass is 10.2. The molecule has 2 aromatic rings. The second-order valence-corrected chi connectivity index (χ2v) is 4.49. The van der Waals surface area contributed by atoms with Crippen molar-refractivity contribution in [3.05, 3.63) is 28.7 Å². The highest BCUT2D eigenvalue weighted by Gasteiger charge is 2.16. The van der Waals surface area contributed by atoms with Crippen LogP contribution in [-0.2, 0) is 0 Å².